The highest BCUT2D eigenvalue weighted by atomic mass is 35.5. The molecule has 1 aromatic carbocycles. The van der Waals surface area contributed by atoms with E-state index in [2.05, 4.69) is 10.6 Å². The van der Waals surface area contributed by atoms with Gasteiger partial charge in [0.15, 0.2) is 6.61 Å². The van der Waals surface area contributed by atoms with Gasteiger partial charge in [0.1, 0.15) is 12.1 Å². The largest absolute Gasteiger partial charge is 0.454 e. The molecule has 0 radical (unpaired) electrons. The predicted molar refractivity (Wildman–Crippen MR) is 99.2 cm³/mol. The van der Waals surface area contributed by atoms with Crippen molar-refractivity contribution in [3.05, 3.63) is 29.3 Å². The van der Waals surface area contributed by atoms with Crippen LogP contribution in [0.1, 0.15) is 33.1 Å². The maximum Gasteiger partial charge on any atom is 0.326 e. The summed E-state index contributed by atoms with van der Waals surface area (Å²) < 4.78 is 4.86. The van der Waals surface area contributed by atoms with E-state index >= 15 is 0 Å². The van der Waals surface area contributed by atoms with Crippen molar-refractivity contribution in [2.45, 2.75) is 38.6 Å². The van der Waals surface area contributed by atoms with Crippen molar-refractivity contribution in [2.24, 2.45) is 0 Å². The van der Waals surface area contributed by atoms with Gasteiger partial charge in [0.2, 0.25) is 0 Å². The number of ether oxygens (including phenoxy) is 1. The number of benzene rings is 1. The molecule has 0 aromatic heterocycles. The molecule has 1 atom stereocenters. The van der Waals surface area contributed by atoms with Crippen LogP contribution >= 0.6 is 11.6 Å². The highest BCUT2D eigenvalue weighted by Crippen LogP contribution is 2.23. The number of hydrogen-bond acceptors (Lipinski definition) is 5. The van der Waals surface area contributed by atoms with Gasteiger partial charge in [-0.2, -0.15) is 0 Å². The van der Waals surface area contributed by atoms with Crippen LogP contribution in [0.5, 0.6) is 0 Å². The number of nitrogens with zero attached hydrogens (tertiary/aromatic N) is 1. The summed E-state index contributed by atoms with van der Waals surface area (Å²) in [4.78, 5) is 49.0. The lowest BCUT2D eigenvalue weighted by atomic mass is 9.95. The minimum atomic E-state index is -1.01. The Kier molecular flexibility index (Phi) is 6.79. The van der Waals surface area contributed by atoms with Crippen molar-refractivity contribution < 1.29 is 23.9 Å². The Bertz CT molecular complexity index is 737. The second kappa shape index (κ2) is 8.85. The Balaban J connectivity index is 1.82. The van der Waals surface area contributed by atoms with Gasteiger partial charge in [-0.1, -0.05) is 31.4 Å². The summed E-state index contributed by atoms with van der Waals surface area (Å²) in [5.41, 5.74) is -0.513. The highest BCUT2D eigenvalue weighted by molar-refractivity contribution is 6.30. The monoisotopic (exact) mass is 395 g/mol. The molecule has 0 aliphatic carbocycles. The second-order valence-electron chi connectivity index (χ2n) is 6.47. The Labute approximate surface area is 162 Å². The number of rotatable bonds is 8. The van der Waals surface area contributed by atoms with Crippen LogP contribution in [0.2, 0.25) is 5.02 Å². The predicted octanol–water partition coefficient (Wildman–Crippen LogP) is 2.32. The van der Waals surface area contributed by atoms with E-state index in [4.69, 9.17) is 16.3 Å². The van der Waals surface area contributed by atoms with Gasteiger partial charge in [0.05, 0.1) is 0 Å². The highest BCUT2D eigenvalue weighted by Gasteiger charge is 2.47. The molecule has 27 heavy (non-hydrogen) atoms. The molecule has 1 aliphatic rings. The molecule has 1 aliphatic heterocycles. The van der Waals surface area contributed by atoms with Gasteiger partial charge in [-0.15, -0.1) is 0 Å². The number of nitrogens with one attached hydrogen (secondary N) is 2. The van der Waals surface area contributed by atoms with E-state index in [1.54, 1.807) is 31.2 Å². The third kappa shape index (κ3) is 5.43. The van der Waals surface area contributed by atoms with Crippen molar-refractivity contribution in [1.82, 2.24) is 10.2 Å². The lowest BCUT2D eigenvalue weighted by Gasteiger charge is -2.21. The van der Waals surface area contributed by atoms with Crippen molar-refractivity contribution in [3.63, 3.8) is 0 Å². The fourth-order valence-electron chi connectivity index (χ4n) is 2.64. The van der Waals surface area contributed by atoms with E-state index in [-0.39, 0.29) is 0 Å². The molecule has 1 saturated heterocycles. The maximum atomic E-state index is 12.4. The number of imide groups is 1. The molecule has 146 valence electrons. The summed E-state index contributed by atoms with van der Waals surface area (Å²) in [7, 11) is 0. The molecule has 2 rings (SSSR count). The van der Waals surface area contributed by atoms with Gasteiger partial charge in [-0.25, -0.2) is 4.79 Å². The van der Waals surface area contributed by atoms with E-state index in [9.17, 15) is 19.2 Å². The number of carbonyl (C=O) groups excluding carboxylic acids is 4. The van der Waals surface area contributed by atoms with Crippen molar-refractivity contribution in [2.75, 3.05) is 18.5 Å². The normalized spacial score (nSPS) is 19.0. The smallest absolute Gasteiger partial charge is 0.326 e. The number of amides is 4. The topological polar surface area (TPSA) is 105 Å². The van der Waals surface area contributed by atoms with Crippen LogP contribution in [0.25, 0.3) is 0 Å². The first-order valence-corrected chi connectivity index (χ1v) is 8.98. The van der Waals surface area contributed by atoms with E-state index in [0.29, 0.717) is 17.1 Å². The first-order chi connectivity index (χ1) is 12.7. The summed E-state index contributed by atoms with van der Waals surface area (Å²) in [6, 6.07) is 5.78. The maximum absolute atomic E-state index is 12.4. The van der Waals surface area contributed by atoms with Crippen LogP contribution in [0, 0.1) is 0 Å². The van der Waals surface area contributed by atoms with Gasteiger partial charge < -0.3 is 15.4 Å². The van der Waals surface area contributed by atoms with Gasteiger partial charge in [0.25, 0.3) is 11.8 Å². The number of hydrogen-bond donors (Lipinski definition) is 2. The quantitative estimate of drug-likeness (QED) is 0.519. The molecule has 0 bridgehead atoms. The third-order valence-electron chi connectivity index (χ3n) is 4.15. The SMILES string of the molecule is CCCC[C@]1(C)NC(=O)N(CC(=O)OCC(=O)Nc2ccc(Cl)cc2)C1=O. The summed E-state index contributed by atoms with van der Waals surface area (Å²) >= 11 is 5.76. The Hall–Kier alpha value is -2.61. The zero-order valence-corrected chi connectivity index (χ0v) is 16.0. The van der Waals surface area contributed by atoms with Gasteiger partial charge in [-0.05, 0) is 37.6 Å². The molecule has 0 spiro atoms. The third-order valence-corrected chi connectivity index (χ3v) is 4.41. The molecular formula is C18H22ClN3O5. The summed E-state index contributed by atoms with van der Waals surface area (Å²) in [5.74, 6) is -1.86. The molecular weight excluding hydrogens is 374 g/mol. The van der Waals surface area contributed by atoms with Crippen molar-refractivity contribution >= 4 is 41.1 Å². The van der Waals surface area contributed by atoms with E-state index < -0.39 is 42.5 Å². The molecule has 0 saturated carbocycles. The Morgan fingerprint density at radius 3 is 2.56 bits per heavy atom. The van der Waals surface area contributed by atoms with Crippen LogP contribution in [-0.2, 0) is 19.1 Å². The first kappa shape index (κ1) is 20.7. The molecule has 1 heterocycles. The summed E-state index contributed by atoms with van der Waals surface area (Å²) in [5, 5.41) is 5.68. The van der Waals surface area contributed by atoms with Crippen LogP contribution in [-0.4, -0.2) is 47.4 Å². The zero-order chi connectivity index (χ0) is 20.0. The minimum absolute atomic E-state index is 0.469. The van der Waals surface area contributed by atoms with Gasteiger partial charge in [0, 0.05) is 10.7 Å². The average molecular weight is 396 g/mol. The molecule has 0 unspecified atom stereocenters. The number of halogens is 1. The number of carbonyl (C=O) groups is 4. The standard InChI is InChI=1S/C18H22ClN3O5/c1-3-4-9-18(2)16(25)22(17(26)21-18)10-15(24)27-11-14(23)20-13-7-5-12(19)6-8-13/h5-8H,3-4,9-11H2,1-2H3,(H,20,23)(H,21,26)/t18-/m0/s1. The van der Waals surface area contributed by atoms with Crippen LogP contribution in [0.3, 0.4) is 0 Å². The molecule has 1 aromatic rings. The fourth-order valence-corrected chi connectivity index (χ4v) is 2.77. The van der Waals surface area contributed by atoms with Crippen molar-refractivity contribution in [3.8, 4) is 0 Å². The molecule has 2 N–H and O–H groups in total. The number of unbranched alkanes of at least 4 members (excludes halogenated alkanes) is 1. The summed E-state index contributed by atoms with van der Waals surface area (Å²) in [6.07, 6.45) is 2.14. The Morgan fingerprint density at radius 2 is 1.93 bits per heavy atom. The van der Waals surface area contributed by atoms with Crippen LogP contribution in [0.4, 0.5) is 10.5 Å². The second-order valence-corrected chi connectivity index (χ2v) is 6.91. The molecule has 9 heteroatoms. The average Bonchev–Trinajstić information content (AvgIpc) is 2.84. The van der Waals surface area contributed by atoms with Crippen molar-refractivity contribution in [1.29, 1.82) is 0 Å². The van der Waals surface area contributed by atoms with Gasteiger partial charge in [-0.3, -0.25) is 19.3 Å². The molecule has 1 fully saturated rings. The van der Waals surface area contributed by atoms with Crippen LogP contribution < -0.4 is 10.6 Å². The minimum Gasteiger partial charge on any atom is -0.454 e. The Morgan fingerprint density at radius 1 is 1.26 bits per heavy atom. The number of esters is 1. The first-order valence-electron chi connectivity index (χ1n) is 8.60. The van der Waals surface area contributed by atoms with Crippen LogP contribution in [0.15, 0.2) is 24.3 Å². The van der Waals surface area contributed by atoms with Gasteiger partial charge >= 0.3 is 12.0 Å². The molecule has 4 amide bonds. The number of anilines is 1. The number of urea groups is 1. The lowest BCUT2D eigenvalue weighted by molar-refractivity contribution is -0.150. The zero-order valence-electron chi connectivity index (χ0n) is 15.2. The van der Waals surface area contributed by atoms with E-state index in [1.807, 2.05) is 6.92 Å². The lowest BCUT2D eigenvalue weighted by Crippen LogP contribution is -2.44. The fraction of sp³-hybridized carbons (Fsp3) is 0.444. The molecule has 8 nitrogen and oxygen atoms in total. The summed E-state index contributed by atoms with van der Waals surface area (Å²) in [6.45, 7) is 2.54. The van der Waals surface area contributed by atoms with E-state index in [0.717, 1.165) is 17.7 Å². The van der Waals surface area contributed by atoms with E-state index in [1.165, 1.54) is 0 Å².